The Labute approximate surface area is 246 Å². The quantitative estimate of drug-likeness (QED) is 0.252. The molecule has 2 N–H and O–H groups in total. The minimum atomic E-state index is -0.171. The molecule has 0 saturated carbocycles. The highest BCUT2D eigenvalue weighted by Gasteiger charge is 2.29. The molecule has 1 amide bonds. The number of fused-ring (bicyclic) bond motifs is 1. The van der Waals surface area contributed by atoms with Crippen LogP contribution in [-0.2, 0) is 0 Å². The van der Waals surface area contributed by atoms with E-state index in [4.69, 9.17) is 16.3 Å². The summed E-state index contributed by atoms with van der Waals surface area (Å²) in [6, 6.07) is 21.4. The van der Waals surface area contributed by atoms with Gasteiger partial charge >= 0.3 is 0 Å². The zero-order chi connectivity index (χ0) is 28.4. The van der Waals surface area contributed by atoms with Crippen molar-refractivity contribution in [3.8, 4) is 11.5 Å². The van der Waals surface area contributed by atoms with Crippen molar-refractivity contribution in [3.63, 3.8) is 0 Å². The van der Waals surface area contributed by atoms with E-state index in [0.717, 1.165) is 61.5 Å². The Hall–Kier alpha value is -3.65. The third kappa shape index (κ3) is 6.32. The molecule has 8 heteroatoms. The van der Waals surface area contributed by atoms with Crippen LogP contribution in [0.3, 0.4) is 0 Å². The zero-order valence-corrected chi connectivity index (χ0v) is 24.4. The maximum absolute atomic E-state index is 13.3. The molecule has 0 unspecified atom stereocenters. The molecular formula is C33H36ClN5O2. The Morgan fingerprint density at radius 3 is 2.56 bits per heavy atom. The van der Waals surface area contributed by atoms with E-state index in [-0.39, 0.29) is 5.91 Å². The highest BCUT2D eigenvalue weighted by atomic mass is 35.5. The lowest BCUT2D eigenvalue weighted by molar-refractivity contribution is 0.0632. The summed E-state index contributed by atoms with van der Waals surface area (Å²) < 4.78 is 6.20. The fourth-order valence-corrected chi connectivity index (χ4v) is 5.97. The summed E-state index contributed by atoms with van der Waals surface area (Å²) in [6.07, 6.45) is 5.13. The van der Waals surface area contributed by atoms with Gasteiger partial charge in [0.15, 0.2) is 0 Å². The number of hydrogen-bond acceptors (Lipinski definition) is 5. The van der Waals surface area contributed by atoms with Gasteiger partial charge in [-0.05, 0) is 72.2 Å². The van der Waals surface area contributed by atoms with Crippen LogP contribution < -0.4 is 10.2 Å². The van der Waals surface area contributed by atoms with Gasteiger partial charge in [-0.3, -0.25) is 20.2 Å². The van der Waals surface area contributed by atoms with Crippen molar-refractivity contribution >= 4 is 34.0 Å². The largest absolute Gasteiger partial charge is 0.456 e. The van der Waals surface area contributed by atoms with E-state index in [1.165, 1.54) is 23.1 Å². The number of nitrogens with one attached hydrogen (secondary N) is 2. The zero-order valence-electron chi connectivity index (χ0n) is 23.6. The molecule has 0 atom stereocenters. The molecule has 3 aromatic carbocycles. The van der Waals surface area contributed by atoms with E-state index in [1.807, 2.05) is 53.5 Å². The van der Waals surface area contributed by atoms with Gasteiger partial charge in [0.2, 0.25) is 0 Å². The molecule has 7 nitrogen and oxygen atoms in total. The first-order valence-electron chi connectivity index (χ1n) is 14.3. The van der Waals surface area contributed by atoms with Crippen molar-refractivity contribution in [3.05, 3.63) is 94.6 Å². The third-order valence-corrected chi connectivity index (χ3v) is 8.47. The van der Waals surface area contributed by atoms with Crippen LogP contribution in [0.2, 0.25) is 5.02 Å². The van der Waals surface area contributed by atoms with Gasteiger partial charge in [0.1, 0.15) is 11.5 Å². The number of nitrogens with zero attached hydrogens (tertiary/aromatic N) is 3. The van der Waals surface area contributed by atoms with Crippen molar-refractivity contribution in [1.29, 1.82) is 0 Å². The van der Waals surface area contributed by atoms with Crippen molar-refractivity contribution in [2.45, 2.75) is 33.1 Å². The second-order valence-electron chi connectivity index (χ2n) is 11.8. The van der Waals surface area contributed by atoms with Crippen molar-refractivity contribution < 1.29 is 9.53 Å². The van der Waals surface area contributed by atoms with Gasteiger partial charge in [-0.25, -0.2) is 5.01 Å². The molecule has 41 heavy (non-hydrogen) atoms. The first-order chi connectivity index (χ1) is 19.8. The second kappa shape index (κ2) is 11.7. The number of piperazine rings is 1. The Balaban J connectivity index is 1.09. The number of rotatable bonds is 7. The predicted octanol–water partition coefficient (Wildman–Crippen LogP) is 6.93. The molecule has 0 radical (unpaired) electrons. The van der Waals surface area contributed by atoms with Gasteiger partial charge in [0.05, 0.1) is 22.7 Å². The van der Waals surface area contributed by atoms with Crippen LogP contribution in [-0.4, -0.2) is 58.7 Å². The fraction of sp³-hybridized carbons (Fsp3) is 0.333. The van der Waals surface area contributed by atoms with Crippen LogP contribution >= 0.6 is 11.6 Å². The van der Waals surface area contributed by atoms with Crippen molar-refractivity contribution in [2.75, 3.05) is 32.7 Å². The third-order valence-electron chi connectivity index (χ3n) is 8.22. The van der Waals surface area contributed by atoms with Gasteiger partial charge < -0.3 is 4.74 Å². The Morgan fingerprint density at radius 1 is 1.00 bits per heavy atom. The smallest absolute Gasteiger partial charge is 0.269 e. The number of carbonyl (C=O) groups is 1. The highest BCUT2D eigenvalue weighted by molar-refractivity contribution is 6.30. The molecule has 4 aromatic rings. The summed E-state index contributed by atoms with van der Waals surface area (Å²) in [7, 11) is 0. The number of amides is 1. The number of ether oxygens (including phenoxy) is 1. The monoisotopic (exact) mass is 569 g/mol. The van der Waals surface area contributed by atoms with Gasteiger partial charge in [-0.1, -0.05) is 61.4 Å². The molecule has 212 valence electrons. The summed E-state index contributed by atoms with van der Waals surface area (Å²) in [5.41, 5.74) is 9.08. The molecule has 1 aliphatic heterocycles. The minimum absolute atomic E-state index is 0.171. The topological polar surface area (TPSA) is 73.5 Å². The summed E-state index contributed by atoms with van der Waals surface area (Å²) in [4.78, 5) is 15.8. The number of benzene rings is 3. The van der Waals surface area contributed by atoms with E-state index in [1.54, 1.807) is 12.3 Å². The van der Waals surface area contributed by atoms with Crippen LogP contribution in [0.5, 0.6) is 11.5 Å². The molecule has 2 aliphatic rings. The summed E-state index contributed by atoms with van der Waals surface area (Å²) in [5, 5.41) is 10.7. The Bertz CT molecular complexity index is 1570. The average Bonchev–Trinajstić information content (AvgIpc) is 3.46. The molecule has 1 aromatic heterocycles. The molecule has 0 spiro atoms. The number of carbonyl (C=O) groups excluding carboxylic acids is 1. The second-order valence-corrected chi connectivity index (χ2v) is 12.3. The number of aromatic amines is 1. The normalized spacial score (nSPS) is 18.0. The molecule has 1 aliphatic carbocycles. The van der Waals surface area contributed by atoms with Gasteiger partial charge in [0.25, 0.3) is 5.91 Å². The SMILES string of the molecule is CC1(C)CCC(CN2CCN(NC(=O)c3ccccc3Oc3cccc4[nH]ncc34)CC2)=C(c2ccc(Cl)cc2)C1. The lowest BCUT2D eigenvalue weighted by Crippen LogP contribution is -2.53. The number of hydrazine groups is 1. The maximum Gasteiger partial charge on any atom is 0.269 e. The van der Waals surface area contributed by atoms with Gasteiger partial charge in [0, 0.05) is 37.7 Å². The summed E-state index contributed by atoms with van der Waals surface area (Å²) in [5.74, 6) is 0.998. The van der Waals surface area contributed by atoms with E-state index in [9.17, 15) is 4.79 Å². The van der Waals surface area contributed by atoms with Crippen LogP contribution in [0.25, 0.3) is 16.5 Å². The van der Waals surface area contributed by atoms with Gasteiger partial charge in [-0.15, -0.1) is 0 Å². The van der Waals surface area contributed by atoms with Crippen LogP contribution in [0.1, 0.15) is 49.0 Å². The van der Waals surface area contributed by atoms with E-state index >= 15 is 0 Å². The maximum atomic E-state index is 13.3. The Morgan fingerprint density at radius 2 is 1.76 bits per heavy atom. The predicted molar refractivity (Wildman–Crippen MR) is 164 cm³/mol. The number of allylic oxidation sites excluding steroid dienone is 1. The molecule has 6 rings (SSSR count). The number of para-hydroxylation sites is 1. The van der Waals surface area contributed by atoms with Crippen LogP contribution in [0, 0.1) is 5.41 Å². The number of halogens is 1. The summed E-state index contributed by atoms with van der Waals surface area (Å²) in [6.45, 7) is 9.00. The molecule has 1 fully saturated rings. The van der Waals surface area contributed by atoms with Crippen LogP contribution in [0.15, 0.2) is 78.5 Å². The van der Waals surface area contributed by atoms with E-state index in [2.05, 4.69) is 46.5 Å². The van der Waals surface area contributed by atoms with Gasteiger partial charge in [-0.2, -0.15) is 5.10 Å². The first kappa shape index (κ1) is 27.5. The number of hydrogen-bond donors (Lipinski definition) is 2. The number of H-pyrrole nitrogens is 1. The minimum Gasteiger partial charge on any atom is -0.456 e. The molecular weight excluding hydrogens is 534 g/mol. The van der Waals surface area contributed by atoms with Crippen molar-refractivity contribution in [2.24, 2.45) is 5.41 Å². The summed E-state index contributed by atoms with van der Waals surface area (Å²) >= 11 is 6.18. The highest BCUT2D eigenvalue weighted by Crippen LogP contribution is 2.43. The lowest BCUT2D eigenvalue weighted by Gasteiger charge is -2.38. The lowest BCUT2D eigenvalue weighted by atomic mass is 9.72. The average molecular weight is 570 g/mol. The number of aromatic nitrogens is 2. The van der Waals surface area contributed by atoms with Crippen LogP contribution in [0.4, 0.5) is 0 Å². The van der Waals surface area contributed by atoms with Crippen molar-refractivity contribution in [1.82, 2.24) is 25.5 Å². The van der Waals surface area contributed by atoms with E-state index in [0.29, 0.717) is 22.5 Å². The molecule has 0 bridgehead atoms. The van der Waals surface area contributed by atoms with E-state index < -0.39 is 0 Å². The molecule has 2 heterocycles. The standard InChI is InChI=1S/C33H36ClN5O2/c1-33(2)15-14-24(27(20-33)23-10-12-25(34)13-11-23)22-38-16-18-39(19-17-38)37-32(40)26-6-3-4-8-30(26)41-31-9-5-7-29-28(31)21-35-36-29/h3-13,21H,14-20,22H2,1-2H3,(H,35,36)(H,37,40). The first-order valence-corrected chi connectivity index (χ1v) is 14.7. The Kier molecular flexibility index (Phi) is 7.84. The molecule has 1 saturated heterocycles. The fourth-order valence-electron chi connectivity index (χ4n) is 5.85.